The maximum absolute atomic E-state index is 8.77. The van der Waals surface area contributed by atoms with Gasteiger partial charge in [-0.2, -0.15) is 0 Å². The highest BCUT2D eigenvalue weighted by Crippen LogP contribution is 2.33. The first-order valence-electron chi connectivity index (χ1n) is 6.54. The fraction of sp³-hybridized carbons (Fsp3) is 0.538. The Bertz CT molecular complexity index is 474. The third-order valence-corrected chi connectivity index (χ3v) is 3.60. The molecule has 0 unspecified atom stereocenters. The maximum atomic E-state index is 8.77. The fourth-order valence-corrected chi connectivity index (χ4v) is 2.40. The predicted molar refractivity (Wildman–Crippen MR) is 77.0 cm³/mol. The summed E-state index contributed by atoms with van der Waals surface area (Å²) in [5.74, 6) is 1.48. The summed E-state index contributed by atoms with van der Waals surface area (Å²) in [6.07, 6.45) is 5.22. The Kier molecular flexibility index (Phi) is 4.47. The van der Waals surface area contributed by atoms with E-state index in [1.165, 1.54) is 12.8 Å². The minimum absolute atomic E-state index is 0.0107. The van der Waals surface area contributed by atoms with Gasteiger partial charge in [-0.3, -0.25) is 0 Å². The van der Waals surface area contributed by atoms with Gasteiger partial charge in [0.1, 0.15) is 5.82 Å². The Hall–Kier alpha value is -1.49. The van der Waals surface area contributed by atoms with Crippen LogP contribution in [-0.4, -0.2) is 29.1 Å². The van der Waals surface area contributed by atoms with Crippen molar-refractivity contribution in [3.05, 3.63) is 22.8 Å². The lowest BCUT2D eigenvalue weighted by molar-refractivity contribution is 0.318. The van der Waals surface area contributed by atoms with Crippen molar-refractivity contribution in [3.63, 3.8) is 0 Å². The normalized spacial score (nSPS) is 15.6. The second-order valence-corrected chi connectivity index (χ2v) is 5.25. The summed E-state index contributed by atoms with van der Waals surface area (Å²) in [4.78, 5) is 6.55. The molecule has 1 aromatic rings. The van der Waals surface area contributed by atoms with Gasteiger partial charge in [0.25, 0.3) is 0 Å². The SMILES string of the molecule is CCCN(CC1CC1)c1nccc(/C(N)=N/O)c1Cl. The molecule has 5 nitrogen and oxygen atoms in total. The summed E-state index contributed by atoms with van der Waals surface area (Å²) in [7, 11) is 0. The molecule has 0 aromatic carbocycles. The zero-order chi connectivity index (χ0) is 13.8. The Morgan fingerprint density at radius 3 is 2.95 bits per heavy atom. The zero-order valence-corrected chi connectivity index (χ0v) is 11.8. The number of nitrogens with two attached hydrogens (primary N) is 1. The minimum atomic E-state index is 0.0107. The van der Waals surface area contributed by atoms with E-state index in [0.29, 0.717) is 10.6 Å². The topological polar surface area (TPSA) is 74.7 Å². The molecule has 1 heterocycles. The van der Waals surface area contributed by atoms with Gasteiger partial charge < -0.3 is 15.8 Å². The molecule has 6 heteroatoms. The number of oxime groups is 1. The lowest BCUT2D eigenvalue weighted by Gasteiger charge is -2.24. The van der Waals surface area contributed by atoms with Crippen molar-refractivity contribution in [1.29, 1.82) is 0 Å². The van der Waals surface area contributed by atoms with Gasteiger partial charge in [-0.1, -0.05) is 23.7 Å². The van der Waals surface area contributed by atoms with Crippen LogP contribution in [0.15, 0.2) is 17.4 Å². The first-order valence-corrected chi connectivity index (χ1v) is 6.92. The van der Waals surface area contributed by atoms with Crippen molar-refractivity contribution in [2.45, 2.75) is 26.2 Å². The van der Waals surface area contributed by atoms with Crippen LogP contribution in [0, 0.1) is 5.92 Å². The molecule has 0 radical (unpaired) electrons. The predicted octanol–water partition coefficient (Wildman–Crippen LogP) is 2.46. The molecule has 2 rings (SSSR count). The minimum Gasteiger partial charge on any atom is -0.409 e. The summed E-state index contributed by atoms with van der Waals surface area (Å²) < 4.78 is 0. The summed E-state index contributed by atoms with van der Waals surface area (Å²) >= 11 is 6.34. The third kappa shape index (κ3) is 3.29. The quantitative estimate of drug-likeness (QED) is 0.364. The highest BCUT2D eigenvalue weighted by Gasteiger charge is 2.26. The van der Waals surface area contributed by atoms with E-state index in [9.17, 15) is 0 Å². The lowest BCUT2D eigenvalue weighted by Crippen LogP contribution is -2.28. The number of hydrogen-bond donors (Lipinski definition) is 2. The number of pyridine rings is 1. The third-order valence-electron chi connectivity index (χ3n) is 3.22. The number of amidine groups is 1. The molecule has 104 valence electrons. The molecular formula is C13H19ClN4O. The number of aromatic nitrogens is 1. The second-order valence-electron chi connectivity index (χ2n) is 4.87. The largest absolute Gasteiger partial charge is 0.409 e. The van der Waals surface area contributed by atoms with Crippen LogP contribution in [0.1, 0.15) is 31.7 Å². The van der Waals surface area contributed by atoms with E-state index in [-0.39, 0.29) is 5.84 Å². The van der Waals surface area contributed by atoms with Gasteiger partial charge in [0, 0.05) is 24.8 Å². The molecule has 0 atom stereocenters. The molecule has 0 saturated heterocycles. The van der Waals surface area contributed by atoms with Crippen LogP contribution in [-0.2, 0) is 0 Å². The molecule has 1 aliphatic carbocycles. The van der Waals surface area contributed by atoms with Crippen molar-refractivity contribution in [1.82, 2.24) is 4.98 Å². The monoisotopic (exact) mass is 282 g/mol. The highest BCUT2D eigenvalue weighted by atomic mass is 35.5. The summed E-state index contributed by atoms with van der Waals surface area (Å²) in [6.45, 7) is 4.00. The van der Waals surface area contributed by atoms with E-state index in [1.54, 1.807) is 12.3 Å². The Morgan fingerprint density at radius 2 is 2.37 bits per heavy atom. The van der Waals surface area contributed by atoms with Gasteiger partial charge >= 0.3 is 0 Å². The van der Waals surface area contributed by atoms with Crippen LogP contribution in [0.4, 0.5) is 5.82 Å². The molecule has 1 aromatic heterocycles. The van der Waals surface area contributed by atoms with Gasteiger partial charge in [0.05, 0.1) is 5.02 Å². The van der Waals surface area contributed by atoms with E-state index in [1.807, 2.05) is 0 Å². The van der Waals surface area contributed by atoms with E-state index in [4.69, 9.17) is 22.5 Å². The number of rotatable bonds is 6. The molecule has 0 bridgehead atoms. The van der Waals surface area contributed by atoms with Crippen LogP contribution < -0.4 is 10.6 Å². The molecular weight excluding hydrogens is 264 g/mol. The van der Waals surface area contributed by atoms with Gasteiger partial charge in [-0.15, -0.1) is 0 Å². The van der Waals surface area contributed by atoms with Crippen LogP contribution in [0.25, 0.3) is 0 Å². The van der Waals surface area contributed by atoms with Crippen molar-refractivity contribution in [2.24, 2.45) is 16.8 Å². The van der Waals surface area contributed by atoms with Crippen molar-refractivity contribution in [3.8, 4) is 0 Å². The molecule has 1 saturated carbocycles. The van der Waals surface area contributed by atoms with Crippen LogP contribution in [0.5, 0.6) is 0 Å². The van der Waals surface area contributed by atoms with Crippen molar-refractivity contribution in [2.75, 3.05) is 18.0 Å². The van der Waals surface area contributed by atoms with Crippen LogP contribution in [0.2, 0.25) is 5.02 Å². The van der Waals surface area contributed by atoms with Crippen molar-refractivity contribution < 1.29 is 5.21 Å². The molecule has 1 aliphatic rings. The molecule has 3 N–H and O–H groups in total. The zero-order valence-electron chi connectivity index (χ0n) is 11.0. The molecule has 0 amide bonds. The Morgan fingerprint density at radius 1 is 1.63 bits per heavy atom. The van der Waals surface area contributed by atoms with Gasteiger partial charge in [0.15, 0.2) is 5.84 Å². The second kappa shape index (κ2) is 6.10. The lowest BCUT2D eigenvalue weighted by atomic mass is 10.2. The number of anilines is 1. The standard InChI is InChI=1S/C13H19ClN4O/c1-2-7-18(8-9-3-4-9)13-11(14)10(5-6-16-13)12(15)17-19/h5-6,9,19H,2-4,7-8H2,1H3,(H2,15,17). The Balaban J connectivity index is 2.30. The summed E-state index contributed by atoms with van der Waals surface area (Å²) in [5, 5.41) is 12.2. The van der Waals surface area contributed by atoms with E-state index >= 15 is 0 Å². The van der Waals surface area contributed by atoms with Crippen LogP contribution >= 0.6 is 11.6 Å². The van der Waals surface area contributed by atoms with Crippen molar-refractivity contribution >= 4 is 23.3 Å². The summed E-state index contributed by atoms with van der Waals surface area (Å²) in [6, 6.07) is 1.65. The first kappa shape index (κ1) is 13.9. The van der Waals surface area contributed by atoms with Crippen LogP contribution in [0.3, 0.4) is 0 Å². The number of hydrogen-bond acceptors (Lipinski definition) is 4. The van der Waals surface area contributed by atoms with E-state index in [2.05, 4.69) is 22.0 Å². The fourth-order valence-electron chi connectivity index (χ4n) is 2.07. The number of halogens is 1. The smallest absolute Gasteiger partial charge is 0.171 e. The van der Waals surface area contributed by atoms with Gasteiger partial charge in [-0.25, -0.2) is 4.98 Å². The Labute approximate surface area is 118 Å². The van der Waals surface area contributed by atoms with E-state index in [0.717, 1.165) is 31.2 Å². The average molecular weight is 283 g/mol. The average Bonchev–Trinajstić information content (AvgIpc) is 3.22. The first-order chi connectivity index (χ1) is 9.17. The molecule has 1 fully saturated rings. The molecule has 19 heavy (non-hydrogen) atoms. The number of nitrogens with zero attached hydrogens (tertiary/aromatic N) is 3. The molecule has 0 aliphatic heterocycles. The molecule has 0 spiro atoms. The highest BCUT2D eigenvalue weighted by molar-refractivity contribution is 6.36. The van der Waals surface area contributed by atoms with Gasteiger partial charge in [-0.05, 0) is 31.2 Å². The van der Waals surface area contributed by atoms with Gasteiger partial charge in [0.2, 0.25) is 0 Å². The maximum Gasteiger partial charge on any atom is 0.171 e. The van der Waals surface area contributed by atoms with E-state index < -0.39 is 0 Å². The summed E-state index contributed by atoms with van der Waals surface area (Å²) in [5.41, 5.74) is 6.14.